The van der Waals surface area contributed by atoms with Crippen molar-refractivity contribution >= 4 is 5.97 Å². The van der Waals surface area contributed by atoms with Crippen molar-refractivity contribution in [2.75, 3.05) is 7.11 Å². The number of carboxylic acids is 1. The molecular formula is C10H10F3NO4. The van der Waals surface area contributed by atoms with Crippen LogP contribution < -0.4 is 9.47 Å². The molecule has 1 aromatic rings. The minimum atomic E-state index is -4.91. The van der Waals surface area contributed by atoms with Gasteiger partial charge in [0.2, 0.25) is 5.88 Å². The third-order valence-electron chi connectivity index (χ3n) is 1.92. The summed E-state index contributed by atoms with van der Waals surface area (Å²) in [6, 6.07) is 1.01. The van der Waals surface area contributed by atoms with Crippen LogP contribution in [0.2, 0.25) is 0 Å². The number of carboxylic acid groups (broad SMARTS) is 1. The normalized spacial score (nSPS) is 11.2. The van der Waals surface area contributed by atoms with Crippen molar-refractivity contribution in [3.63, 3.8) is 0 Å². The lowest BCUT2D eigenvalue weighted by molar-refractivity contribution is -0.275. The van der Waals surface area contributed by atoms with Crippen molar-refractivity contribution in [3.05, 3.63) is 17.3 Å². The Morgan fingerprint density at radius 2 is 2.11 bits per heavy atom. The first-order valence-electron chi connectivity index (χ1n) is 4.75. The molecule has 0 saturated carbocycles. The molecule has 0 bridgehead atoms. The van der Waals surface area contributed by atoms with Gasteiger partial charge in [-0.25, -0.2) is 4.98 Å². The lowest BCUT2D eigenvalue weighted by Gasteiger charge is -2.15. The SMILES string of the molecule is COc1nc(C)cc(OC(F)(F)F)c1CC(=O)O. The Kier molecular flexibility index (Phi) is 4.00. The fraction of sp³-hybridized carbons (Fsp3) is 0.400. The number of alkyl halides is 3. The lowest BCUT2D eigenvalue weighted by atomic mass is 10.1. The number of pyridine rings is 1. The summed E-state index contributed by atoms with van der Waals surface area (Å²) in [5.41, 5.74) is -0.0341. The highest BCUT2D eigenvalue weighted by Crippen LogP contribution is 2.32. The zero-order valence-electron chi connectivity index (χ0n) is 9.54. The standard InChI is InChI=1S/C10H10F3NO4/c1-5-3-7(18-10(11,12)13)6(4-8(15)16)9(14-5)17-2/h3H,4H2,1-2H3,(H,15,16). The molecule has 5 nitrogen and oxygen atoms in total. The maximum atomic E-state index is 12.2. The smallest absolute Gasteiger partial charge is 0.481 e. The van der Waals surface area contributed by atoms with Crippen LogP contribution in [0.3, 0.4) is 0 Å². The molecule has 8 heteroatoms. The molecule has 18 heavy (non-hydrogen) atoms. The van der Waals surface area contributed by atoms with Crippen LogP contribution in [0.4, 0.5) is 13.2 Å². The van der Waals surface area contributed by atoms with Gasteiger partial charge in [-0.05, 0) is 6.92 Å². The number of aromatic nitrogens is 1. The third kappa shape index (κ3) is 3.79. The van der Waals surface area contributed by atoms with Crippen molar-refractivity contribution in [2.45, 2.75) is 19.7 Å². The highest BCUT2D eigenvalue weighted by atomic mass is 19.4. The van der Waals surface area contributed by atoms with Gasteiger partial charge in [0, 0.05) is 11.8 Å². The number of rotatable bonds is 4. The topological polar surface area (TPSA) is 68.7 Å². The van der Waals surface area contributed by atoms with Gasteiger partial charge in [0.1, 0.15) is 5.75 Å². The van der Waals surface area contributed by atoms with Gasteiger partial charge in [-0.3, -0.25) is 4.79 Å². The number of carbonyl (C=O) groups is 1. The predicted octanol–water partition coefficient (Wildman–Crippen LogP) is 1.92. The second kappa shape index (κ2) is 5.11. The molecule has 1 aromatic heterocycles. The molecule has 0 aromatic carbocycles. The molecule has 1 rings (SSSR count). The Morgan fingerprint density at radius 1 is 1.50 bits per heavy atom. The van der Waals surface area contributed by atoms with Crippen molar-refractivity contribution in [2.24, 2.45) is 0 Å². The number of aliphatic carboxylic acids is 1. The van der Waals surface area contributed by atoms with Crippen LogP contribution in [-0.2, 0) is 11.2 Å². The number of ether oxygens (including phenoxy) is 2. The quantitative estimate of drug-likeness (QED) is 0.900. The molecule has 0 spiro atoms. The molecule has 0 amide bonds. The molecule has 100 valence electrons. The van der Waals surface area contributed by atoms with Crippen molar-refractivity contribution in [3.8, 4) is 11.6 Å². The van der Waals surface area contributed by atoms with E-state index >= 15 is 0 Å². The van der Waals surface area contributed by atoms with Gasteiger partial charge in [0.05, 0.1) is 19.1 Å². The van der Waals surface area contributed by atoms with Crippen LogP contribution >= 0.6 is 0 Å². The first-order valence-corrected chi connectivity index (χ1v) is 4.75. The monoisotopic (exact) mass is 265 g/mol. The number of aryl methyl sites for hydroxylation is 1. The van der Waals surface area contributed by atoms with E-state index in [1.165, 1.54) is 14.0 Å². The van der Waals surface area contributed by atoms with E-state index in [9.17, 15) is 18.0 Å². The molecule has 0 aliphatic rings. The largest absolute Gasteiger partial charge is 0.573 e. The first kappa shape index (κ1) is 14.1. The van der Waals surface area contributed by atoms with E-state index in [4.69, 9.17) is 9.84 Å². The van der Waals surface area contributed by atoms with E-state index < -0.39 is 24.5 Å². The molecule has 1 heterocycles. The Hall–Kier alpha value is -1.99. The van der Waals surface area contributed by atoms with Crippen LogP contribution in [-0.4, -0.2) is 29.5 Å². The average molecular weight is 265 g/mol. The van der Waals surface area contributed by atoms with Gasteiger partial charge in [-0.2, -0.15) is 0 Å². The second-order valence-electron chi connectivity index (χ2n) is 3.37. The molecule has 0 saturated heterocycles. The van der Waals surface area contributed by atoms with E-state index in [0.717, 1.165) is 6.07 Å². The predicted molar refractivity (Wildman–Crippen MR) is 53.5 cm³/mol. The number of nitrogens with zero attached hydrogens (tertiary/aromatic N) is 1. The Labute approximate surface area is 100 Å². The summed E-state index contributed by atoms with van der Waals surface area (Å²) < 4.78 is 45.1. The molecule has 0 aliphatic heterocycles. The van der Waals surface area contributed by atoms with Crippen LogP contribution in [0.1, 0.15) is 11.3 Å². The number of halogens is 3. The number of hydrogen-bond donors (Lipinski definition) is 1. The van der Waals surface area contributed by atoms with Gasteiger partial charge >= 0.3 is 12.3 Å². The molecule has 1 N–H and O–H groups in total. The van der Waals surface area contributed by atoms with Crippen LogP contribution in [0.5, 0.6) is 11.6 Å². The van der Waals surface area contributed by atoms with E-state index in [2.05, 4.69) is 9.72 Å². The van der Waals surface area contributed by atoms with E-state index in [1.807, 2.05) is 0 Å². The fourth-order valence-electron chi connectivity index (χ4n) is 1.34. The Bertz CT molecular complexity index is 459. The Balaban J connectivity index is 3.27. The highest BCUT2D eigenvalue weighted by Gasteiger charge is 2.33. The van der Waals surface area contributed by atoms with Crippen LogP contribution in [0.25, 0.3) is 0 Å². The second-order valence-corrected chi connectivity index (χ2v) is 3.37. The van der Waals surface area contributed by atoms with E-state index in [0.29, 0.717) is 0 Å². The summed E-state index contributed by atoms with van der Waals surface area (Å²) in [6.45, 7) is 1.44. The molecule has 0 fully saturated rings. The summed E-state index contributed by atoms with van der Waals surface area (Å²) in [7, 11) is 1.19. The van der Waals surface area contributed by atoms with Crippen LogP contribution in [0, 0.1) is 6.92 Å². The van der Waals surface area contributed by atoms with Crippen molar-refractivity contribution < 1.29 is 32.5 Å². The van der Waals surface area contributed by atoms with Gasteiger partial charge in [0.25, 0.3) is 0 Å². The van der Waals surface area contributed by atoms with Gasteiger partial charge in [-0.1, -0.05) is 0 Å². The van der Waals surface area contributed by atoms with Crippen LogP contribution in [0.15, 0.2) is 6.07 Å². The average Bonchev–Trinajstić information content (AvgIpc) is 2.18. The van der Waals surface area contributed by atoms with Crippen molar-refractivity contribution in [1.29, 1.82) is 0 Å². The van der Waals surface area contributed by atoms with Gasteiger partial charge in [0.15, 0.2) is 0 Å². The molecule has 0 atom stereocenters. The summed E-state index contributed by atoms with van der Waals surface area (Å²) in [5, 5.41) is 8.66. The summed E-state index contributed by atoms with van der Waals surface area (Å²) in [6.07, 6.45) is -5.59. The third-order valence-corrected chi connectivity index (χ3v) is 1.92. The molecular weight excluding hydrogens is 255 g/mol. The maximum absolute atomic E-state index is 12.2. The zero-order valence-corrected chi connectivity index (χ0v) is 9.54. The summed E-state index contributed by atoms with van der Waals surface area (Å²) in [4.78, 5) is 14.4. The van der Waals surface area contributed by atoms with Gasteiger partial charge < -0.3 is 14.6 Å². The number of methoxy groups -OCH3 is 1. The molecule has 0 aliphatic carbocycles. The minimum Gasteiger partial charge on any atom is -0.481 e. The molecule has 0 radical (unpaired) electrons. The minimum absolute atomic E-state index is 0.198. The zero-order chi connectivity index (χ0) is 13.9. The van der Waals surface area contributed by atoms with Gasteiger partial charge in [-0.15, -0.1) is 13.2 Å². The number of hydrogen-bond acceptors (Lipinski definition) is 4. The fourth-order valence-corrected chi connectivity index (χ4v) is 1.34. The van der Waals surface area contributed by atoms with Crippen molar-refractivity contribution in [1.82, 2.24) is 4.98 Å². The summed E-state index contributed by atoms with van der Waals surface area (Å²) in [5.74, 6) is -2.13. The Morgan fingerprint density at radius 3 is 2.56 bits per heavy atom. The highest BCUT2D eigenvalue weighted by molar-refractivity contribution is 5.72. The molecule has 0 unspecified atom stereocenters. The maximum Gasteiger partial charge on any atom is 0.573 e. The summed E-state index contributed by atoms with van der Waals surface area (Å²) >= 11 is 0. The lowest BCUT2D eigenvalue weighted by Crippen LogP contribution is -2.19. The first-order chi connectivity index (χ1) is 8.23. The van der Waals surface area contributed by atoms with E-state index in [-0.39, 0.29) is 17.1 Å². The van der Waals surface area contributed by atoms with E-state index in [1.54, 1.807) is 0 Å².